The topological polar surface area (TPSA) is 22.1 Å². The number of aromatic nitrogens is 1. The van der Waals surface area contributed by atoms with Crippen LogP contribution in [0.3, 0.4) is 0 Å². The lowest BCUT2D eigenvalue weighted by Gasteiger charge is -2.09. The van der Waals surface area contributed by atoms with E-state index >= 15 is 0 Å². The summed E-state index contributed by atoms with van der Waals surface area (Å²) in [5.74, 6) is -2.10. The molecule has 1 aromatic carbocycles. The first-order chi connectivity index (χ1) is 8.85. The molecule has 2 aromatic rings. The predicted molar refractivity (Wildman–Crippen MR) is 56.3 cm³/mol. The lowest BCUT2D eigenvalue weighted by atomic mass is 10.1. The highest BCUT2D eigenvalue weighted by Crippen LogP contribution is 2.27. The average molecular weight is 275 g/mol. The van der Waals surface area contributed by atoms with Crippen LogP contribution >= 0.6 is 0 Å². The number of ether oxygens (including phenoxy) is 1. The molecule has 0 bridgehead atoms. The number of pyridine rings is 1. The van der Waals surface area contributed by atoms with E-state index in [1.54, 1.807) is 0 Å². The molecule has 0 unspecified atom stereocenters. The maximum atomic E-state index is 13.3. The van der Waals surface area contributed by atoms with Gasteiger partial charge in [0.05, 0.1) is 6.20 Å². The molecule has 0 saturated carbocycles. The van der Waals surface area contributed by atoms with Gasteiger partial charge < -0.3 is 4.74 Å². The molecule has 0 N–H and O–H groups in total. The van der Waals surface area contributed by atoms with E-state index < -0.39 is 23.9 Å². The van der Waals surface area contributed by atoms with Crippen LogP contribution in [0.15, 0.2) is 36.5 Å². The second kappa shape index (κ2) is 4.83. The summed E-state index contributed by atoms with van der Waals surface area (Å²) in [6, 6.07) is 5.28. The van der Waals surface area contributed by atoms with Crippen molar-refractivity contribution in [2.45, 2.75) is 6.36 Å². The van der Waals surface area contributed by atoms with Gasteiger partial charge in [0.1, 0.15) is 11.6 Å². The molecule has 0 amide bonds. The summed E-state index contributed by atoms with van der Waals surface area (Å²) in [5.41, 5.74) is 0.0533. The third-order valence-corrected chi connectivity index (χ3v) is 2.20. The lowest BCUT2D eigenvalue weighted by molar-refractivity contribution is -0.274. The Morgan fingerprint density at radius 2 is 1.63 bits per heavy atom. The molecule has 0 radical (unpaired) electrons. The minimum atomic E-state index is -4.80. The maximum Gasteiger partial charge on any atom is 0.573 e. The normalized spacial score (nSPS) is 11.4. The first-order valence-corrected chi connectivity index (χ1v) is 5.02. The highest BCUT2D eigenvalue weighted by Gasteiger charge is 2.30. The van der Waals surface area contributed by atoms with Gasteiger partial charge in [-0.05, 0) is 23.8 Å². The maximum absolute atomic E-state index is 13.3. The van der Waals surface area contributed by atoms with Crippen LogP contribution in [0, 0.1) is 11.8 Å². The van der Waals surface area contributed by atoms with Crippen molar-refractivity contribution in [3.05, 3.63) is 48.3 Å². The largest absolute Gasteiger partial charge is 0.573 e. The summed E-state index contributed by atoms with van der Waals surface area (Å²) < 4.78 is 65.8. The van der Waals surface area contributed by atoms with Gasteiger partial charge in [0.15, 0.2) is 0 Å². The first kappa shape index (κ1) is 13.3. The molecule has 0 saturated heterocycles. The molecule has 1 aromatic heterocycles. The molecular formula is C12H6F5NO. The van der Waals surface area contributed by atoms with Gasteiger partial charge in [0.25, 0.3) is 0 Å². The standard InChI is InChI=1S/C12H6F5NO/c13-8-5-10(11(14)18-6-8)7-1-3-9(4-2-7)19-12(15,16)17/h1-6H. The number of rotatable bonds is 2. The van der Waals surface area contributed by atoms with E-state index in [9.17, 15) is 22.0 Å². The van der Waals surface area contributed by atoms with Crippen LogP contribution in [0.25, 0.3) is 11.1 Å². The van der Waals surface area contributed by atoms with Crippen LogP contribution in [0.1, 0.15) is 0 Å². The van der Waals surface area contributed by atoms with Crippen molar-refractivity contribution in [3.63, 3.8) is 0 Å². The predicted octanol–water partition coefficient (Wildman–Crippen LogP) is 3.93. The number of alkyl halides is 3. The fourth-order valence-corrected chi connectivity index (χ4v) is 1.46. The fourth-order valence-electron chi connectivity index (χ4n) is 1.46. The molecular weight excluding hydrogens is 269 g/mol. The van der Waals surface area contributed by atoms with Crippen LogP contribution in [-0.2, 0) is 0 Å². The van der Waals surface area contributed by atoms with E-state index in [-0.39, 0.29) is 11.1 Å². The zero-order valence-corrected chi connectivity index (χ0v) is 9.21. The minimum absolute atomic E-state index is 0.140. The van der Waals surface area contributed by atoms with Crippen molar-refractivity contribution in [3.8, 4) is 16.9 Å². The van der Waals surface area contributed by atoms with E-state index in [2.05, 4.69) is 9.72 Å². The van der Waals surface area contributed by atoms with Crippen LogP contribution in [0.4, 0.5) is 22.0 Å². The molecule has 100 valence electrons. The second-order valence-electron chi connectivity index (χ2n) is 3.56. The number of hydrogen-bond donors (Lipinski definition) is 0. The molecule has 2 nitrogen and oxygen atoms in total. The Balaban J connectivity index is 2.30. The summed E-state index contributed by atoms with van der Waals surface area (Å²) in [4.78, 5) is 3.18. The first-order valence-electron chi connectivity index (χ1n) is 5.02. The van der Waals surface area contributed by atoms with Gasteiger partial charge in [0.2, 0.25) is 5.95 Å². The average Bonchev–Trinajstić information content (AvgIpc) is 2.31. The molecule has 0 atom stereocenters. The van der Waals surface area contributed by atoms with E-state index in [4.69, 9.17) is 0 Å². The Bertz CT molecular complexity index is 580. The zero-order valence-electron chi connectivity index (χ0n) is 9.21. The number of hydrogen-bond acceptors (Lipinski definition) is 2. The van der Waals surface area contributed by atoms with Gasteiger partial charge in [-0.2, -0.15) is 4.39 Å². The Labute approximate surface area is 104 Å². The fraction of sp³-hybridized carbons (Fsp3) is 0.0833. The van der Waals surface area contributed by atoms with E-state index in [0.29, 0.717) is 6.20 Å². The van der Waals surface area contributed by atoms with Crippen molar-refractivity contribution in [2.24, 2.45) is 0 Å². The van der Waals surface area contributed by atoms with Crippen molar-refractivity contribution < 1.29 is 26.7 Å². The third kappa shape index (κ3) is 3.40. The lowest BCUT2D eigenvalue weighted by Crippen LogP contribution is -2.16. The molecule has 7 heteroatoms. The van der Waals surface area contributed by atoms with Gasteiger partial charge in [-0.15, -0.1) is 13.2 Å². The van der Waals surface area contributed by atoms with Gasteiger partial charge in [-0.1, -0.05) is 12.1 Å². The molecule has 0 aliphatic heterocycles. The molecule has 0 aliphatic carbocycles. The van der Waals surface area contributed by atoms with Crippen LogP contribution in [-0.4, -0.2) is 11.3 Å². The quantitative estimate of drug-likeness (QED) is 0.612. The highest BCUT2D eigenvalue weighted by molar-refractivity contribution is 5.63. The molecule has 1 heterocycles. The van der Waals surface area contributed by atoms with Crippen LogP contribution < -0.4 is 4.74 Å². The van der Waals surface area contributed by atoms with Crippen molar-refractivity contribution in [1.29, 1.82) is 0 Å². The van der Waals surface area contributed by atoms with Crippen molar-refractivity contribution >= 4 is 0 Å². The summed E-state index contributed by atoms with van der Waals surface area (Å²) in [5, 5.41) is 0. The van der Waals surface area contributed by atoms with Gasteiger partial charge >= 0.3 is 6.36 Å². The molecule has 0 fully saturated rings. The van der Waals surface area contributed by atoms with E-state index in [1.807, 2.05) is 0 Å². The number of nitrogens with zero attached hydrogens (tertiary/aromatic N) is 1. The Kier molecular flexibility index (Phi) is 3.37. The zero-order chi connectivity index (χ0) is 14.0. The number of halogens is 5. The number of benzene rings is 1. The monoisotopic (exact) mass is 275 g/mol. The van der Waals surface area contributed by atoms with Crippen molar-refractivity contribution in [1.82, 2.24) is 4.98 Å². The smallest absolute Gasteiger partial charge is 0.406 e. The molecule has 19 heavy (non-hydrogen) atoms. The molecule has 0 aliphatic rings. The summed E-state index contributed by atoms with van der Waals surface area (Å²) >= 11 is 0. The SMILES string of the molecule is Fc1cnc(F)c(-c2ccc(OC(F)(F)F)cc2)c1. The third-order valence-electron chi connectivity index (χ3n) is 2.20. The Morgan fingerprint density at radius 1 is 1.00 bits per heavy atom. The van der Waals surface area contributed by atoms with E-state index in [0.717, 1.165) is 18.2 Å². The summed E-state index contributed by atoms with van der Waals surface area (Å²) in [7, 11) is 0. The van der Waals surface area contributed by atoms with Crippen LogP contribution in [0.2, 0.25) is 0 Å². The van der Waals surface area contributed by atoms with Gasteiger partial charge in [0, 0.05) is 5.56 Å². The van der Waals surface area contributed by atoms with Gasteiger partial charge in [-0.3, -0.25) is 0 Å². The molecule has 2 rings (SSSR count). The Morgan fingerprint density at radius 3 is 2.21 bits per heavy atom. The highest BCUT2D eigenvalue weighted by atomic mass is 19.4. The second-order valence-corrected chi connectivity index (χ2v) is 3.56. The summed E-state index contributed by atoms with van der Waals surface area (Å²) in [6.45, 7) is 0. The minimum Gasteiger partial charge on any atom is -0.406 e. The van der Waals surface area contributed by atoms with Crippen molar-refractivity contribution in [2.75, 3.05) is 0 Å². The Hall–Kier alpha value is -2.18. The van der Waals surface area contributed by atoms with Crippen LogP contribution in [0.5, 0.6) is 5.75 Å². The molecule has 0 spiro atoms. The van der Waals surface area contributed by atoms with Gasteiger partial charge in [-0.25, -0.2) is 9.37 Å². The van der Waals surface area contributed by atoms with E-state index in [1.165, 1.54) is 12.1 Å². The summed E-state index contributed by atoms with van der Waals surface area (Å²) in [6.07, 6.45) is -4.09.